The van der Waals surface area contributed by atoms with Crippen molar-refractivity contribution < 1.29 is 22.4 Å². The molecule has 0 bridgehead atoms. The fraction of sp³-hybridized carbons (Fsp3) is 0.500. The van der Waals surface area contributed by atoms with Crippen LogP contribution in [0.4, 0.5) is 5.69 Å². The average molecular weight is 369 g/mol. The molecule has 0 N–H and O–H groups in total. The zero-order valence-corrected chi connectivity index (χ0v) is 10.3. The Morgan fingerprint density at radius 1 is 1.00 bits per heavy atom. The summed E-state index contributed by atoms with van der Waals surface area (Å²) in [4.78, 5) is 2.56. The molecule has 0 aliphatic carbocycles. The molecule has 0 spiro atoms. The van der Waals surface area contributed by atoms with E-state index in [1.54, 1.807) is 5.69 Å². The summed E-state index contributed by atoms with van der Waals surface area (Å²) in [6.45, 7) is 2.54. The summed E-state index contributed by atoms with van der Waals surface area (Å²) in [5.41, 5.74) is 4.61. The molecule has 0 unspecified atom stereocenters. The van der Waals surface area contributed by atoms with Crippen molar-refractivity contribution in [3.63, 3.8) is 0 Å². The van der Waals surface area contributed by atoms with Gasteiger partial charge >= 0.3 is 22.4 Å². The van der Waals surface area contributed by atoms with Crippen LogP contribution in [0.2, 0.25) is 0 Å². The summed E-state index contributed by atoms with van der Waals surface area (Å²) in [6, 6.07) is 7.62. The molecule has 2 heterocycles. The first kappa shape index (κ1) is 10.3. The normalized spacial score (nSPS) is 18.4. The number of nitrogens with zero attached hydrogens (tertiary/aromatic N) is 1. The number of anilines is 1. The quantitative estimate of drug-likeness (QED) is 0.501. The van der Waals surface area contributed by atoms with Gasteiger partial charge in [0.05, 0.1) is 0 Å². The first-order chi connectivity index (χ1) is 6.45. The molecule has 0 saturated carbocycles. The minimum absolute atomic E-state index is 0. The third-order valence-electron chi connectivity index (χ3n) is 3.19. The fourth-order valence-corrected chi connectivity index (χ4v) is 2.63. The minimum atomic E-state index is 0. The zero-order chi connectivity index (χ0) is 8.67. The van der Waals surface area contributed by atoms with E-state index in [9.17, 15) is 0 Å². The summed E-state index contributed by atoms with van der Waals surface area (Å²) in [5, 5.41) is 0. The van der Waals surface area contributed by atoms with Crippen LogP contribution in [0.25, 0.3) is 0 Å². The van der Waals surface area contributed by atoms with E-state index in [4.69, 9.17) is 0 Å². The Labute approximate surface area is 101 Å². The van der Waals surface area contributed by atoms with Crippen LogP contribution in [0.5, 0.6) is 0 Å². The molecule has 0 aromatic heterocycles. The van der Waals surface area contributed by atoms with Gasteiger partial charge in [0.15, 0.2) is 0 Å². The molecule has 2 heteroatoms. The average Bonchev–Trinajstić information content (AvgIpc) is 2.19. The molecule has 78 valence electrons. The van der Waals surface area contributed by atoms with E-state index < -0.39 is 0 Å². The predicted molar refractivity (Wildman–Crippen MR) is 54.1 cm³/mol. The SMILES string of the molecule is [Au+].[c-]1cc2c3c(c1)CCCN3CCC2. The van der Waals surface area contributed by atoms with Crippen LogP contribution < -0.4 is 4.90 Å². The fourth-order valence-electron chi connectivity index (χ4n) is 2.63. The predicted octanol–water partition coefficient (Wildman–Crippen LogP) is 2.18. The third kappa shape index (κ3) is 1.54. The summed E-state index contributed by atoms with van der Waals surface area (Å²) >= 11 is 0. The molecule has 0 radical (unpaired) electrons. The van der Waals surface area contributed by atoms with Crippen LogP contribution in [0, 0.1) is 6.07 Å². The van der Waals surface area contributed by atoms with Gasteiger partial charge < -0.3 is 4.90 Å². The molecule has 0 fully saturated rings. The van der Waals surface area contributed by atoms with Gasteiger partial charge in [0.25, 0.3) is 0 Å². The second-order valence-electron chi connectivity index (χ2n) is 4.05. The van der Waals surface area contributed by atoms with E-state index in [1.165, 1.54) is 49.9 Å². The summed E-state index contributed by atoms with van der Waals surface area (Å²) in [6.07, 6.45) is 5.17. The van der Waals surface area contributed by atoms with E-state index in [0.717, 1.165) is 0 Å². The molecular formula is C12H14AuN. The molecule has 2 aliphatic heterocycles. The van der Waals surface area contributed by atoms with Gasteiger partial charge in [0.2, 0.25) is 0 Å². The van der Waals surface area contributed by atoms with Gasteiger partial charge in [-0.15, -0.1) is 11.1 Å². The van der Waals surface area contributed by atoms with Gasteiger partial charge in [-0.25, -0.2) is 0 Å². The van der Waals surface area contributed by atoms with Crippen LogP contribution in [0.3, 0.4) is 0 Å². The molecular weight excluding hydrogens is 355 g/mol. The van der Waals surface area contributed by atoms with Crippen LogP contribution in [0.1, 0.15) is 24.0 Å². The Balaban J connectivity index is 0.000000750. The van der Waals surface area contributed by atoms with Crippen molar-refractivity contribution in [2.45, 2.75) is 25.7 Å². The molecule has 0 saturated heterocycles. The molecule has 3 rings (SSSR count). The van der Waals surface area contributed by atoms with Gasteiger partial charge in [0, 0.05) is 13.1 Å². The number of aryl methyl sites for hydroxylation is 2. The van der Waals surface area contributed by atoms with Crippen molar-refractivity contribution in [3.05, 3.63) is 29.3 Å². The molecule has 0 atom stereocenters. The number of hydrogen-bond donors (Lipinski definition) is 0. The summed E-state index contributed by atoms with van der Waals surface area (Å²) < 4.78 is 0. The van der Waals surface area contributed by atoms with Gasteiger partial charge in [-0.05, 0) is 12.8 Å². The molecule has 1 aromatic carbocycles. The van der Waals surface area contributed by atoms with Gasteiger partial charge in [0.1, 0.15) is 0 Å². The van der Waals surface area contributed by atoms with Crippen molar-refractivity contribution in [1.82, 2.24) is 0 Å². The summed E-state index contributed by atoms with van der Waals surface area (Å²) in [5.74, 6) is 0. The van der Waals surface area contributed by atoms with Crippen LogP contribution in [-0.4, -0.2) is 13.1 Å². The Bertz CT molecular complexity index is 307. The van der Waals surface area contributed by atoms with Crippen molar-refractivity contribution in [3.8, 4) is 0 Å². The van der Waals surface area contributed by atoms with E-state index in [-0.39, 0.29) is 22.4 Å². The molecule has 2 aliphatic rings. The molecule has 1 aromatic rings. The maximum Gasteiger partial charge on any atom is 1.00 e. The Hall–Kier alpha value is -0.240. The second kappa shape index (κ2) is 4.09. The number of benzene rings is 1. The minimum Gasteiger partial charge on any atom is -0.393 e. The first-order valence-electron chi connectivity index (χ1n) is 5.22. The maximum atomic E-state index is 3.27. The van der Waals surface area contributed by atoms with Crippen LogP contribution in [-0.2, 0) is 35.2 Å². The van der Waals surface area contributed by atoms with Crippen molar-refractivity contribution in [1.29, 1.82) is 0 Å². The van der Waals surface area contributed by atoms with E-state index in [0.29, 0.717) is 0 Å². The molecule has 1 nitrogen and oxygen atoms in total. The zero-order valence-electron chi connectivity index (χ0n) is 8.15. The van der Waals surface area contributed by atoms with E-state index >= 15 is 0 Å². The second-order valence-corrected chi connectivity index (χ2v) is 4.05. The summed E-state index contributed by atoms with van der Waals surface area (Å²) in [7, 11) is 0. The van der Waals surface area contributed by atoms with Crippen LogP contribution >= 0.6 is 0 Å². The molecule has 0 amide bonds. The topological polar surface area (TPSA) is 3.24 Å². The van der Waals surface area contributed by atoms with E-state index in [2.05, 4.69) is 23.1 Å². The van der Waals surface area contributed by atoms with Gasteiger partial charge in [-0.3, -0.25) is 0 Å². The Morgan fingerprint density at radius 3 is 2.14 bits per heavy atom. The maximum absolute atomic E-state index is 3.27. The van der Waals surface area contributed by atoms with Gasteiger partial charge in [-0.2, -0.15) is 18.2 Å². The smallest absolute Gasteiger partial charge is 0.393 e. The largest absolute Gasteiger partial charge is 1.00 e. The Kier molecular flexibility index (Phi) is 3.01. The third-order valence-corrected chi connectivity index (χ3v) is 3.19. The van der Waals surface area contributed by atoms with Crippen molar-refractivity contribution in [2.24, 2.45) is 0 Å². The number of hydrogen-bond acceptors (Lipinski definition) is 1. The monoisotopic (exact) mass is 369 g/mol. The Morgan fingerprint density at radius 2 is 1.57 bits per heavy atom. The van der Waals surface area contributed by atoms with Crippen molar-refractivity contribution in [2.75, 3.05) is 18.0 Å². The number of rotatable bonds is 0. The standard InChI is InChI=1S/C12H14N.Au/c1-4-10-6-2-8-13-9-3-7-11(5-1)12(10)13;/h4-5H,2-3,6-9H2;/q-1;+1. The van der Waals surface area contributed by atoms with Gasteiger partial charge in [-0.1, -0.05) is 18.5 Å². The molecule has 14 heavy (non-hydrogen) atoms. The van der Waals surface area contributed by atoms with Crippen molar-refractivity contribution >= 4 is 5.69 Å². The first-order valence-corrected chi connectivity index (χ1v) is 5.22. The van der Waals surface area contributed by atoms with E-state index in [1.807, 2.05) is 0 Å². The van der Waals surface area contributed by atoms with Crippen LogP contribution in [0.15, 0.2) is 12.1 Å².